The van der Waals surface area contributed by atoms with Crippen LogP contribution in [0.4, 0.5) is 0 Å². The van der Waals surface area contributed by atoms with Crippen LogP contribution in [0.25, 0.3) is 31.7 Å². The van der Waals surface area contributed by atoms with Crippen molar-refractivity contribution < 1.29 is 0 Å². The van der Waals surface area contributed by atoms with Gasteiger partial charge >= 0.3 is 0 Å². The second-order valence-electron chi connectivity index (χ2n) is 5.35. The minimum absolute atomic E-state index is 0.797. The summed E-state index contributed by atoms with van der Waals surface area (Å²) in [6.07, 6.45) is 0. The van der Waals surface area contributed by atoms with Gasteiger partial charge < -0.3 is 0 Å². The Morgan fingerprint density at radius 1 is 0.636 bits per heavy atom. The third-order valence-electron chi connectivity index (χ3n) is 3.84. The van der Waals surface area contributed by atoms with Crippen molar-refractivity contribution in [3.8, 4) is 21.6 Å². The third kappa shape index (κ3) is 2.47. The number of thiophene rings is 1. The first-order valence-corrected chi connectivity index (χ1v) is 8.06. The van der Waals surface area contributed by atoms with Gasteiger partial charge in [-0.15, -0.1) is 11.3 Å². The van der Waals surface area contributed by atoms with Crippen molar-refractivity contribution in [1.29, 1.82) is 0 Å². The van der Waals surface area contributed by atoms with Crippen molar-refractivity contribution in [3.63, 3.8) is 0 Å². The predicted octanol–water partition coefficient (Wildman–Crippen LogP) is 5.03. The Bertz CT molecular complexity index is 885. The quantitative estimate of drug-likeness (QED) is 0.455. The van der Waals surface area contributed by atoms with E-state index in [0.29, 0.717) is 0 Å². The molecule has 0 aliphatic rings. The van der Waals surface area contributed by atoms with E-state index in [4.69, 9.17) is 7.85 Å². The number of hydrogen-bond acceptors (Lipinski definition) is 1. The highest BCUT2D eigenvalue weighted by molar-refractivity contribution is 7.22. The molecule has 0 bridgehead atoms. The van der Waals surface area contributed by atoms with E-state index in [2.05, 4.69) is 66.7 Å². The summed E-state index contributed by atoms with van der Waals surface area (Å²) in [7, 11) is 5.74. The molecule has 0 spiro atoms. The number of rotatable bonds is 2. The van der Waals surface area contributed by atoms with Crippen LogP contribution in [-0.4, -0.2) is 7.85 Å². The summed E-state index contributed by atoms with van der Waals surface area (Å²) >= 11 is 1.84. The van der Waals surface area contributed by atoms with Crippen molar-refractivity contribution >= 4 is 34.7 Å². The topological polar surface area (TPSA) is 0 Å². The van der Waals surface area contributed by atoms with Crippen LogP contribution >= 0.6 is 11.3 Å². The Balaban J connectivity index is 1.70. The molecule has 0 saturated heterocycles. The summed E-state index contributed by atoms with van der Waals surface area (Å²) in [5, 5.41) is 1.31. The average Bonchev–Trinajstić information content (AvgIpc) is 3.00. The van der Waals surface area contributed by atoms with Crippen LogP contribution in [0.3, 0.4) is 0 Å². The number of hydrogen-bond donors (Lipinski definition) is 0. The van der Waals surface area contributed by atoms with Gasteiger partial charge in [0.15, 0.2) is 0 Å². The molecule has 0 unspecified atom stereocenters. The van der Waals surface area contributed by atoms with Gasteiger partial charge in [0, 0.05) is 9.58 Å². The lowest BCUT2D eigenvalue weighted by Gasteiger charge is -2.04. The maximum atomic E-state index is 5.74. The van der Waals surface area contributed by atoms with Gasteiger partial charge in [-0.05, 0) is 34.2 Å². The summed E-state index contributed by atoms with van der Waals surface area (Å²) in [6, 6.07) is 27.5. The van der Waals surface area contributed by atoms with E-state index < -0.39 is 0 Å². The summed E-state index contributed by atoms with van der Waals surface area (Å²) in [5.41, 5.74) is 4.47. The smallest absolute Gasteiger partial charge is 0.113 e. The van der Waals surface area contributed by atoms with Crippen molar-refractivity contribution in [1.82, 2.24) is 0 Å². The molecule has 0 atom stereocenters. The van der Waals surface area contributed by atoms with Crippen LogP contribution in [-0.2, 0) is 0 Å². The monoisotopic (exact) mass is 296 g/mol. The normalized spacial score (nSPS) is 10.9. The molecule has 0 amide bonds. The molecule has 1 heterocycles. The van der Waals surface area contributed by atoms with Crippen LogP contribution in [0.2, 0.25) is 0 Å². The Kier molecular flexibility index (Phi) is 3.32. The molecule has 0 N–H and O–H groups in total. The van der Waals surface area contributed by atoms with Crippen LogP contribution in [0.5, 0.6) is 0 Å². The largest absolute Gasteiger partial charge is 0.135 e. The average molecular weight is 296 g/mol. The van der Waals surface area contributed by atoms with Crippen LogP contribution in [0, 0.1) is 0 Å². The maximum Gasteiger partial charge on any atom is 0.113 e. The van der Waals surface area contributed by atoms with Crippen molar-refractivity contribution in [3.05, 3.63) is 78.9 Å². The molecule has 4 aromatic rings. The minimum Gasteiger partial charge on any atom is -0.135 e. The molecule has 22 heavy (non-hydrogen) atoms. The van der Waals surface area contributed by atoms with Gasteiger partial charge in [0.05, 0.1) is 0 Å². The summed E-state index contributed by atoms with van der Waals surface area (Å²) < 4.78 is 1.33. The maximum absolute atomic E-state index is 5.74. The molecule has 102 valence electrons. The molecular formula is C20H13BS. The molecule has 0 saturated carbocycles. The lowest BCUT2D eigenvalue weighted by Crippen LogP contribution is -1.99. The second kappa shape index (κ2) is 5.47. The van der Waals surface area contributed by atoms with Gasteiger partial charge in [0.2, 0.25) is 0 Å². The Morgan fingerprint density at radius 2 is 1.23 bits per heavy atom. The van der Waals surface area contributed by atoms with Gasteiger partial charge in [-0.2, -0.15) is 0 Å². The predicted molar refractivity (Wildman–Crippen MR) is 98.1 cm³/mol. The van der Waals surface area contributed by atoms with Crippen LogP contribution in [0.1, 0.15) is 0 Å². The molecule has 4 rings (SSSR count). The van der Waals surface area contributed by atoms with Gasteiger partial charge in [-0.3, -0.25) is 0 Å². The summed E-state index contributed by atoms with van der Waals surface area (Å²) in [6.45, 7) is 0. The molecule has 0 aliphatic carbocycles. The fraction of sp³-hybridized carbons (Fsp3) is 0. The molecular weight excluding hydrogens is 283 g/mol. The molecule has 0 aliphatic heterocycles. The zero-order valence-corrected chi connectivity index (χ0v) is 12.8. The van der Waals surface area contributed by atoms with E-state index in [9.17, 15) is 0 Å². The van der Waals surface area contributed by atoms with E-state index >= 15 is 0 Å². The van der Waals surface area contributed by atoms with E-state index in [1.165, 1.54) is 31.7 Å². The third-order valence-corrected chi connectivity index (χ3v) is 5.00. The number of fused-ring (bicyclic) bond motifs is 1. The van der Waals surface area contributed by atoms with Crippen LogP contribution in [0.15, 0.2) is 78.9 Å². The molecule has 1 aromatic heterocycles. The van der Waals surface area contributed by atoms with Gasteiger partial charge in [0.25, 0.3) is 0 Å². The van der Waals surface area contributed by atoms with Crippen molar-refractivity contribution in [2.45, 2.75) is 0 Å². The molecule has 3 aromatic carbocycles. The highest BCUT2D eigenvalue weighted by Gasteiger charge is 2.04. The lowest BCUT2D eigenvalue weighted by molar-refractivity contribution is 1.63. The lowest BCUT2D eigenvalue weighted by atomic mass is 9.93. The van der Waals surface area contributed by atoms with Crippen molar-refractivity contribution in [2.24, 2.45) is 0 Å². The van der Waals surface area contributed by atoms with E-state index in [0.717, 1.165) is 5.46 Å². The van der Waals surface area contributed by atoms with Gasteiger partial charge in [-0.1, -0.05) is 72.2 Å². The molecule has 0 nitrogen and oxygen atoms in total. The molecule has 2 radical (unpaired) electrons. The Hall–Kier alpha value is -2.32. The second-order valence-corrected chi connectivity index (χ2v) is 6.43. The first kappa shape index (κ1) is 13.4. The molecule has 0 fully saturated rings. The fourth-order valence-electron chi connectivity index (χ4n) is 2.63. The Labute approximate surface area is 135 Å². The highest BCUT2D eigenvalue weighted by Crippen LogP contribution is 2.34. The standard InChI is InChI=1S/C20H13BS/c21-18-11-9-15(10-12-18)14-5-7-16(8-6-14)20-13-17-3-1-2-4-19(17)22-20/h1-13H. The zero-order valence-electron chi connectivity index (χ0n) is 12.0. The van der Waals surface area contributed by atoms with Crippen LogP contribution < -0.4 is 5.46 Å². The van der Waals surface area contributed by atoms with Gasteiger partial charge in [0.1, 0.15) is 7.85 Å². The SMILES string of the molecule is [B]c1ccc(-c2ccc(-c3cc4ccccc4s3)cc2)cc1. The zero-order chi connectivity index (χ0) is 14.9. The summed E-state index contributed by atoms with van der Waals surface area (Å²) in [5.74, 6) is 0. The minimum atomic E-state index is 0.797. The van der Waals surface area contributed by atoms with Gasteiger partial charge in [-0.25, -0.2) is 0 Å². The first-order chi connectivity index (χ1) is 10.8. The Morgan fingerprint density at radius 3 is 1.91 bits per heavy atom. The molecule has 2 heteroatoms. The van der Waals surface area contributed by atoms with E-state index in [1.54, 1.807) is 0 Å². The highest BCUT2D eigenvalue weighted by atomic mass is 32.1. The van der Waals surface area contributed by atoms with E-state index in [-0.39, 0.29) is 0 Å². The fourth-order valence-corrected chi connectivity index (χ4v) is 3.69. The summed E-state index contributed by atoms with van der Waals surface area (Å²) in [4.78, 5) is 1.31. The van der Waals surface area contributed by atoms with Crippen molar-refractivity contribution in [2.75, 3.05) is 0 Å². The number of benzene rings is 3. The van der Waals surface area contributed by atoms with E-state index in [1.807, 2.05) is 23.5 Å². The first-order valence-electron chi connectivity index (χ1n) is 7.24.